The van der Waals surface area contributed by atoms with Gasteiger partial charge in [0.25, 0.3) is 5.76 Å². The average Bonchev–Trinajstić information content (AvgIpc) is 3.16. The highest BCUT2D eigenvalue weighted by Crippen LogP contribution is 2.37. The highest BCUT2D eigenvalue weighted by atomic mass is 16.5. The summed E-state index contributed by atoms with van der Waals surface area (Å²) in [5.41, 5.74) is 0.490. The van der Waals surface area contributed by atoms with Crippen molar-refractivity contribution < 1.29 is 23.8 Å². The molecule has 0 bridgehead atoms. The first-order chi connectivity index (χ1) is 9.19. The average molecular weight is 262 g/mol. The zero-order valence-electron chi connectivity index (χ0n) is 10.5. The SMILES string of the molecule is COc1ccc2oc(C(=O)O)c(OCC3CC3)c2c1. The summed E-state index contributed by atoms with van der Waals surface area (Å²) in [6.45, 7) is 0.534. The number of ether oxygens (including phenoxy) is 2. The topological polar surface area (TPSA) is 68.9 Å². The molecule has 1 N–H and O–H groups in total. The zero-order chi connectivity index (χ0) is 13.4. The van der Waals surface area contributed by atoms with Crippen LogP contribution < -0.4 is 9.47 Å². The third-order valence-corrected chi connectivity index (χ3v) is 3.20. The summed E-state index contributed by atoms with van der Waals surface area (Å²) >= 11 is 0. The molecular weight excluding hydrogens is 248 g/mol. The van der Waals surface area contributed by atoms with E-state index >= 15 is 0 Å². The van der Waals surface area contributed by atoms with Crippen LogP contribution in [0.4, 0.5) is 0 Å². The Morgan fingerprint density at radius 1 is 1.47 bits per heavy atom. The van der Waals surface area contributed by atoms with Gasteiger partial charge in [-0.15, -0.1) is 0 Å². The molecule has 1 aliphatic carbocycles. The van der Waals surface area contributed by atoms with Crippen LogP contribution in [-0.2, 0) is 0 Å². The number of furan rings is 1. The number of hydrogen-bond donors (Lipinski definition) is 1. The number of rotatable bonds is 5. The van der Waals surface area contributed by atoms with Crippen molar-refractivity contribution in [1.82, 2.24) is 0 Å². The predicted molar refractivity (Wildman–Crippen MR) is 67.9 cm³/mol. The second-order valence-corrected chi connectivity index (χ2v) is 4.68. The van der Waals surface area contributed by atoms with E-state index in [1.54, 1.807) is 25.3 Å². The molecule has 5 heteroatoms. The summed E-state index contributed by atoms with van der Waals surface area (Å²) in [6.07, 6.45) is 2.28. The van der Waals surface area contributed by atoms with Crippen LogP contribution in [0.3, 0.4) is 0 Å². The quantitative estimate of drug-likeness (QED) is 0.897. The van der Waals surface area contributed by atoms with Gasteiger partial charge >= 0.3 is 5.97 Å². The van der Waals surface area contributed by atoms with Gasteiger partial charge in [-0.25, -0.2) is 4.79 Å². The van der Waals surface area contributed by atoms with Crippen LogP contribution >= 0.6 is 0 Å². The number of fused-ring (bicyclic) bond motifs is 1. The second-order valence-electron chi connectivity index (χ2n) is 4.68. The summed E-state index contributed by atoms with van der Waals surface area (Å²) in [6, 6.07) is 5.14. The van der Waals surface area contributed by atoms with Crippen LogP contribution in [0.5, 0.6) is 11.5 Å². The van der Waals surface area contributed by atoms with Crippen molar-refractivity contribution in [2.45, 2.75) is 12.8 Å². The van der Waals surface area contributed by atoms with E-state index in [-0.39, 0.29) is 5.76 Å². The van der Waals surface area contributed by atoms with E-state index in [2.05, 4.69) is 0 Å². The largest absolute Gasteiger partial charge is 0.497 e. The van der Waals surface area contributed by atoms with E-state index in [0.29, 0.717) is 35.0 Å². The van der Waals surface area contributed by atoms with Gasteiger partial charge in [-0.2, -0.15) is 0 Å². The van der Waals surface area contributed by atoms with Gasteiger partial charge in [-0.1, -0.05) is 0 Å². The standard InChI is InChI=1S/C14H14O5/c1-17-9-4-5-11-10(6-9)12(13(19-11)14(15)16)18-7-8-2-3-8/h4-6,8H,2-3,7H2,1H3,(H,15,16). The Hall–Kier alpha value is -2.17. The van der Waals surface area contributed by atoms with Gasteiger partial charge in [0.2, 0.25) is 0 Å². The van der Waals surface area contributed by atoms with Gasteiger partial charge in [0.15, 0.2) is 5.75 Å². The van der Waals surface area contributed by atoms with Crippen molar-refractivity contribution in [2.24, 2.45) is 5.92 Å². The van der Waals surface area contributed by atoms with Gasteiger partial charge in [0, 0.05) is 0 Å². The van der Waals surface area contributed by atoms with Gasteiger partial charge in [-0.05, 0) is 37.0 Å². The number of methoxy groups -OCH3 is 1. The third-order valence-electron chi connectivity index (χ3n) is 3.20. The lowest BCUT2D eigenvalue weighted by Crippen LogP contribution is -2.03. The molecule has 1 aromatic carbocycles. The maximum Gasteiger partial charge on any atom is 0.375 e. The normalized spacial score (nSPS) is 14.6. The molecule has 0 radical (unpaired) electrons. The van der Waals surface area contributed by atoms with E-state index < -0.39 is 5.97 Å². The van der Waals surface area contributed by atoms with Crippen LogP contribution in [0.2, 0.25) is 0 Å². The summed E-state index contributed by atoms with van der Waals surface area (Å²) in [4.78, 5) is 11.2. The van der Waals surface area contributed by atoms with Crippen molar-refractivity contribution in [3.05, 3.63) is 24.0 Å². The molecule has 0 spiro atoms. The van der Waals surface area contributed by atoms with Gasteiger partial charge < -0.3 is 19.0 Å². The summed E-state index contributed by atoms with van der Waals surface area (Å²) in [7, 11) is 1.56. The van der Waals surface area contributed by atoms with Crippen LogP contribution in [0.15, 0.2) is 22.6 Å². The molecule has 1 fully saturated rings. The lowest BCUT2D eigenvalue weighted by Gasteiger charge is -2.04. The summed E-state index contributed by atoms with van der Waals surface area (Å²) in [5.74, 6) is 0.205. The molecule has 1 aliphatic rings. The van der Waals surface area contributed by atoms with E-state index in [1.165, 1.54) is 0 Å². The third kappa shape index (κ3) is 2.23. The minimum absolute atomic E-state index is 0.149. The van der Waals surface area contributed by atoms with Gasteiger partial charge in [0.05, 0.1) is 19.1 Å². The first kappa shape index (κ1) is 11.9. The number of carbonyl (C=O) groups is 1. The fourth-order valence-corrected chi connectivity index (χ4v) is 1.95. The smallest absolute Gasteiger partial charge is 0.375 e. The Balaban J connectivity index is 2.05. The van der Waals surface area contributed by atoms with E-state index in [9.17, 15) is 4.79 Å². The second kappa shape index (κ2) is 4.50. The highest BCUT2D eigenvalue weighted by molar-refractivity contribution is 5.98. The summed E-state index contributed by atoms with van der Waals surface area (Å²) < 4.78 is 16.1. The lowest BCUT2D eigenvalue weighted by molar-refractivity contribution is 0.0658. The van der Waals surface area contributed by atoms with Crippen molar-refractivity contribution in [2.75, 3.05) is 13.7 Å². The van der Waals surface area contributed by atoms with Crippen molar-refractivity contribution >= 4 is 16.9 Å². The van der Waals surface area contributed by atoms with Crippen molar-refractivity contribution in [3.63, 3.8) is 0 Å². The Bertz CT molecular complexity index is 624. The molecule has 2 aromatic rings. The minimum atomic E-state index is -1.12. The molecule has 5 nitrogen and oxygen atoms in total. The Labute approximate surface area is 109 Å². The van der Waals surface area contributed by atoms with Crippen LogP contribution in [0.25, 0.3) is 11.0 Å². The number of carboxylic acid groups (broad SMARTS) is 1. The van der Waals surface area contributed by atoms with E-state index in [1.807, 2.05) is 0 Å². The molecule has 0 unspecified atom stereocenters. The first-order valence-electron chi connectivity index (χ1n) is 6.15. The fraction of sp³-hybridized carbons (Fsp3) is 0.357. The van der Waals surface area contributed by atoms with Gasteiger partial charge in [0.1, 0.15) is 11.3 Å². The predicted octanol–water partition coefficient (Wildman–Crippen LogP) is 2.93. The minimum Gasteiger partial charge on any atom is -0.497 e. The molecular formula is C14H14O5. The molecule has 100 valence electrons. The monoisotopic (exact) mass is 262 g/mol. The number of aromatic carboxylic acids is 1. The van der Waals surface area contributed by atoms with Gasteiger partial charge in [-0.3, -0.25) is 0 Å². The molecule has 19 heavy (non-hydrogen) atoms. The molecule has 1 heterocycles. The van der Waals surface area contributed by atoms with E-state index in [4.69, 9.17) is 19.0 Å². The van der Waals surface area contributed by atoms with Crippen LogP contribution in [0, 0.1) is 5.92 Å². The van der Waals surface area contributed by atoms with E-state index in [0.717, 1.165) is 12.8 Å². The Morgan fingerprint density at radius 2 is 2.26 bits per heavy atom. The lowest BCUT2D eigenvalue weighted by atomic mass is 10.2. The Morgan fingerprint density at radius 3 is 2.89 bits per heavy atom. The Kier molecular flexibility index (Phi) is 2.81. The fourth-order valence-electron chi connectivity index (χ4n) is 1.95. The molecule has 0 aliphatic heterocycles. The number of hydrogen-bond acceptors (Lipinski definition) is 4. The molecule has 0 saturated heterocycles. The van der Waals surface area contributed by atoms with Crippen molar-refractivity contribution in [3.8, 4) is 11.5 Å². The molecule has 1 aromatic heterocycles. The van der Waals surface area contributed by atoms with Crippen LogP contribution in [-0.4, -0.2) is 24.8 Å². The maximum absolute atomic E-state index is 11.2. The van der Waals surface area contributed by atoms with Crippen LogP contribution in [0.1, 0.15) is 23.4 Å². The molecule has 0 amide bonds. The van der Waals surface area contributed by atoms with Crippen molar-refractivity contribution in [1.29, 1.82) is 0 Å². The summed E-state index contributed by atoms with van der Waals surface area (Å²) in [5, 5.41) is 9.81. The maximum atomic E-state index is 11.2. The molecule has 1 saturated carbocycles. The zero-order valence-corrected chi connectivity index (χ0v) is 10.5. The molecule has 3 rings (SSSR count). The number of benzene rings is 1. The highest BCUT2D eigenvalue weighted by Gasteiger charge is 2.26. The first-order valence-corrected chi connectivity index (χ1v) is 6.15. The molecule has 0 atom stereocenters. The number of carboxylic acids is 1.